The van der Waals surface area contributed by atoms with Gasteiger partial charge in [0.1, 0.15) is 5.75 Å². The van der Waals surface area contributed by atoms with E-state index in [2.05, 4.69) is 5.16 Å². The second-order valence-corrected chi connectivity index (χ2v) is 4.50. The highest BCUT2D eigenvalue weighted by molar-refractivity contribution is 5.98. The molecule has 20 heavy (non-hydrogen) atoms. The maximum absolute atomic E-state index is 11.9. The van der Waals surface area contributed by atoms with Crippen LogP contribution in [0.3, 0.4) is 0 Å². The molecule has 6 heteroatoms. The number of carbonyl (C=O) groups excluding carboxylic acids is 1. The van der Waals surface area contributed by atoms with Gasteiger partial charge in [-0.25, -0.2) is 0 Å². The van der Waals surface area contributed by atoms with Crippen LogP contribution < -0.4 is 4.74 Å². The monoisotopic (exact) mass is 278 g/mol. The molecule has 0 bridgehead atoms. The topological polar surface area (TPSA) is 71.4 Å². The third kappa shape index (κ3) is 3.71. The highest BCUT2D eigenvalue weighted by Gasteiger charge is 2.17. The van der Waals surface area contributed by atoms with Gasteiger partial charge in [0.2, 0.25) is 0 Å². The van der Waals surface area contributed by atoms with Gasteiger partial charge in [0.05, 0.1) is 18.9 Å². The highest BCUT2D eigenvalue weighted by atomic mass is 16.5. The Morgan fingerprint density at radius 2 is 2.20 bits per heavy atom. The Kier molecular flexibility index (Phi) is 4.95. The number of ether oxygens (including phenoxy) is 2. The number of rotatable bonds is 4. The molecule has 0 aliphatic carbocycles. The molecular weight excluding hydrogens is 260 g/mol. The first-order valence-electron chi connectivity index (χ1n) is 6.48. The lowest BCUT2D eigenvalue weighted by Crippen LogP contribution is -2.42. The minimum Gasteiger partial charge on any atom is -0.484 e. The molecule has 2 rings (SSSR count). The zero-order valence-electron chi connectivity index (χ0n) is 11.4. The predicted octanol–water partition coefficient (Wildman–Crippen LogP) is 1.12. The first kappa shape index (κ1) is 14.3. The first-order valence-corrected chi connectivity index (χ1v) is 6.48. The van der Waals surface area contributed by atoms with Crippen LogP contribution in [0.1, 0.15) is 12.5 Å². The molecule has 1 aliphatic heterocycles. The standard InChI is InChI=1S/C14H18N2O4/c1-11(15-18)12-3-2-4-13(9-12)20-10-14(17)16-5-7-19-8-6-16/h2-4,9,18H,5-8,10H2,1H3. The largest absolute Gasteiger partial charge is 0.484 e. The van der Waals surface area contributed by atoms with Crippen molar-refractivity contribution >= 4 is 11.6 Å². The molecule has 1 saturated heterocycles. The molecule has 1 aliphatic rings. The van der Waals surface area contributed by atoms with E-state index in [0.29, 0.717) is 37.8 Å². The van der Waals surface area contributed by atoms with Gasteiger partial charge in [-0.3, -0.25) is 4.79 Å². The van der Waals surface area contributed by atoms with Gasteiger partial charge in [-0.15, -0.1) is 0 Å². The van der Waals surface area contributed by atoms with Crippen LogP contribution in [-0.2, 0) is 9.53 Å². The van der Waals surface area contributed by atoms with Gasteiger partial charge >= 0.3 is 0 Å². The van der Waals surface area contributed by atoms with Gasteiger partial charge in [-0.2, -0.15) is 0 Å². The van der Waals surface area contributed by atoms with Crippen molar-refractivity contribution in [2.24, 2.45) is 5.16 Å². The van der Waals surface area contributed by atoms with Crippen molar-refractivity contribution in [2.45, 2.75) is 6.92 Å². The molecule has 1 aromatic carbocycles. The Balaban J connectivity index is 1.91. The van der Waals surface area contributed by atoms with E-state index in [4.69, 9.17) is 14.7 Å². The Bertz CT molecular complexity index is 496. The average molecular weight is 278 g/mol. The second-order valence-electron chi connectivity index (χ2n) is 4.50. The molecule has 0 spiro atoms. The van der Waals surface area contributed by atoms with Gasteiger partial charge < -0.3 is 19.6 Å². The Morgan fingerprint density at radius 1 is 1.45 bits per heavy atom. The molecule has 0 unspecified atom stereocenters. The van der Waals surface area contributed by atoms with Crippen LogP contribution in [0.2, 0.25) is 0 Å². The Labute approximate surface area is 117 Å². The number of oxime groups is 1. The van der Waals surface area contributed by atoms with E-state index in [1.54, 1.807) is 30.0 Å². The van der Waals surface area contributed by atoms with Crippen LogP contribution >= 0.6 is 0 Å². The lowest BCUT2D eigenvalue weighted by atomic mass is 10.1. The summed E-state index contributed by atoms with van der Waals surface area (Å²) in [5.41, 5.74) is 1.25. The molecule has 0 radical (unpaired) electrons. The molecule has 108 valence electrons. The number of nitrogens with zero attached hydrogens (tertiary/aromatic N) is 2. The SMILES string of the molecule is CC(=NO)c1cccc(OCC(=O)N2CCOCC2)c1. The third-order valence-corrected chi connectivity index (χ3v) is 3.13. The van der Waals surface area contributed by atoms with E-state index in [9.17, 15) is 4.79 Å². The fourth-order valence-electron chi connectivity index (χ4n) is 1.92. The molecule has 0 atom stereocenters. The molecule has 0 saturated carbocycles. The quantitative estimate of drug-likeness (QED) is 0.509. The summed E-state index contributed by atoms with van der Waals surface area (Å²) >= 11 is 0. The molecule has 0 aromatic heterocycles. The van der Waals surface area contributed by atoms with Gasteiger partial charge in [-0.05, 0) is 19.1 Å². The number of hydrogen-bond donors (Lipinski definition) is 1. The molecule has 6 nitrogen and oxygen atoms in total. The summed E-state index contributed by atoms with van der Waals surface area (Å²) in [4.78, 5) is 13.7. The lowest BCUT2D eigenvalue weighted by Gasteiger charge is -2.26. The lowest BCUT2D eigenvalue weighted by molar-refractivity contribution is -0.137. The van der Waals surface area contributed by atoms with Crippen LogP contribution in [0.25, 0.3) is 0 Å². The Morgan fingerprint density at radius 3 is 2.90 bits per heavy atom. The highest BCUT2D eigenvalue weighted by Crippen LogP contribution is 2.14. The van der Waals surface area contributed by atoms with Gasteiger partial charge in [0.25, 0.3) is 5.91 Å². The van der Waals surface area contributed by atoms with Crippen LogP contribution in [0.15, 0.2) is 29.4 Å². The fraction of sp³-hybridized carbons (Fsp3) is 0.429. The zero-order valence-corrected chi connectivity index (χ0v) is 11.4. The Hall–Kier alpha value is -2.08. The summed E-state index contributed by atoms with van der Waals surface area (Å²) in [6.45, 7) is 4.06. The third-order valence-electron chi connectivity index (χ3n) is 3.13. The summed E-state index contributed by atoms with van der Waals surface area (Å²) in [6, 6.07) is 7.10. The van der Waals surface area contributed by atoms with Crippen LogP contribution in [0, 0.1) is 0 Å². The second kappa shape index (κ2) is 6.91. The summed E-state index contributed by atoms with van der Waals surface area (Å²) in [6.07, 6.45) is 0. The minimum absolute atomic E-state index is 0.00122. The van der Waals surface area contributed by atoms with Crippen LogP contribution in [0.5, 0.6) is 5.75 Å². The maximum atomic E-state index is 11.9. The zero-order chi connectivity index (χ0) is 14.4. The predicted molar refractivity (Wildman–Crippen MR) is 73.3 cm³/mol. The van der Waals surface area contributed by atoms with Crippen molar-refractivity contribution < 1.29 is 19.5 Å². The molecular formula is C14H18N2O4. The van der Waals surface area contributed by atoms with Crippen molar-refractivity contribution in [2.75, 3.05) is 32.9 Å². The van der Waals surface area contributed by atoms with Crippen LogP contribution in [-0.4, -0.2) is 54.6 Å². The van der Waals surface area contributed by atoms with E-state index in [1.165, 1.54) is 0 Å². The summed E-state index contributed by atoms with van der Waals surface area (Å²) in [5, 5.41) is 11.9. The number of carbonyl (C=O) groups is 1. The molecule has 1 N–H and O–H groups in total. The first-order chi connectivity index (χ1) is 9.70. The van der Waals surface area contributed by atoms with E-state index in [0.717, 1.165) is 5.56 Å². The number of morpholine rings is 1. The van der Waals surface area contributed by atoms with Crippen molar-refractivity contribution in [1.29, 1.82) is 0 Å². The molecule has 1 amide bonds. The number of hydrogen-bond acceptors (Lipinski definition) is 5. The summed E-state index contributed by atoms with van der Waals surface area (Å²) in [7, 11) is 0. The van der Waals surface area contributed by atoms with Crippen molar-refractivity contribution in [3.05, 3.63) is 29.8 Å². The molecule has 1 heterocycles. The van der Waals surface area contributed by atoms with E-state index >= 15 is 0 Å². The van der Waals surface area contributed by atoms with Crippen molar-refractivity contribution in [3.63, 3.8) is 0 Å². The average Bonchev–Trinajstić information content (AvgIpc) is 2.53. The van der Waals surface area contributed by atoms with Crippen molar-refractivity contribution in [1.82, 2.24) is 4.90 Å². The summed E-state index contributed by atoms with van der Waals surface area (Å²) < 4.78 is 10.7. The van der Waals surface area contributed by atoms with Crippen molar-refractivity contribution in [3.8, 4) is 5.75 Å². The maximum Gasteiger partial charge on any atom is 0.260 e. The minimum atomic E-state index is -0.0498. The van der Waals surface area contributed by atoms with Crippen LogP contribution in [0.4, 0.5) is 0 Å². The molecule has 1 fully saturated rings. The molecule has 1 aromatic rings. The summed E-state index contributed by atoms with van der Waals surface area (Å²) in [5.74, 6) is 0.526. The van der Waals surface area contributed by atoms with Gasteiger partial charge in [0.15, 0.2) is 6.61 Å². The number of benzene rings is 1. The van der Waals surface area contributed by atoms with E-state index < -0.39 is 0 Å². The normalized spacial score (nSPS) is 16.1. The van der Waals surface area contributed by atoms with E-state index in [1.807, 2.05) is 6.07 Å². The number of amides is 1. The fourth-order valence-corrected chi connectivity index (χ4v) is 1.92. The van der Waals surface area contributed by atoms with E-state index in [-0.39, 0.29) is 12.5 Å². The van der Waals surface area contributed by atoms with Gasteiger partial charge in [0, 0.05) is 18.7 Å². The smallest absolute Gasteiger partial charge is 0.260 e. The van der Waals surface area contributed by atoms with Gasteiger partial charge in [-0.1, -0.05) is 17.3 Å².